The summed E-state index contributed by atoms with van der Waals surface area (Å²) in [6, 6.07) is 4.40. The lowest BCUT2D eigenvalue weighted by Crippen LogP contribution is -2.05. The van der Waals surface area contributed by atoms with Crippen molar-refractivity contribution in [1.82, 2.24) is 0 Å². The van der Waals surface area contributed by atoms with E-state index >= 15 is 0 Å². The van der Waals surface area contributed by atoms with Gasteiger partial charge in [0.15, 0.2) is 0 Å². The van der Waals surface area contributed by atoms with Crippen molar-refractivity contribution in [2.24, 2.45) is 0 Å². The number of halogens is 2. The third-order valence-corrected chi connectivity index (χ3v) is 4.39. The quantitative estimate of drug-likeness (QED) is 0.861. The highest BCUT2D eigenvalue weighted by molar-refractivity contribution is 7.18. The first-order valence-electron chi connectivity index (χ1n) is 5.97. The SMILES string of the molecule is CCOC(=O)c1sc(-c2ccc(Cl)cc2F)c(C)c1N. The molecular weight excluding hydrogens is 301 g/mol. The maximum atomic E-state index is 14.0. The molecule has 1 aromatic heterocycles. The minimum Gasteiger partial charge on any atom is -0.462 e. The van der Waals surface area contributed by atoms with Gasteiger partial charge in [-0.3, -0.25) is 0 Å². The normalized spacial score (nSPS) is 10.6. The van der Waals surface area contributed by atoms with Crippen molar-refractivity contribution in [2.75, 3.05) is 12.3 Å². The third kappa shape index (κ3) is 2.64. The molecule has 0 amide bonds. The molecule has 0 atom stereocenters. The number of hydrogen-bond donors (Lipinski definition) is 1. The largest absolute Gasteiger partial charge is 0.462 e. The van der Waals surface area contributed by atoms with Crippen LogP contribution in [0.2, 0.25) is 5.02 Å². The average molecular weight is 314 g/mol. The molecule has 0 bridgehead atoms. The van der Waals surface area contributed by atoms with Crippen LogP contribution in [0.5, 0.6) is 0 Å². The standard InChI is InChI=1S/C14H13ClFNO2S/c1-3-19-14(18)13-11(17)7(2)12(20-13)9-5-4-8(15)6-10(9)16/h4-6H,3,17H2,1-2H3. The van der Waals surface area contributed by atoms with Gasteiger partial charge in [0.2, 0.25) is 0 Å². The number of hydrogen-bond acceptors (Lipinski definition) is 4. The summed E-state index contributed by atoms with van der Waals surface area (Å²) < 4.78 is 18.9. The monoisotopic (exact) mass is 313 g/mol. The lowest BCUT2D eigenvalue weighted by atomic mass is 10.1. The molecule has 0 aliphatic heterocycles. The highest BCUT2D eigenvalue weighted by atomic mass is 35.5. The maximum Gasteiger partial charge on any atom is 0.350 e. The first-order chi connectivity index (χ1) is 9.45. The second-order valence-electron chi connectivity index (χ2n) is 4.14. The molecule has 106 valence electrons. The minimum atomic E-state index is -0.487. The Morgan fingerprint density at radius 2 is 2.20 bits per heavy atom. The highest BCUT2D eigenvalue weighted by Crippen LogP contribution is 2.39. The molecular formula is C14H13ClFNO2S. The molecule has 0 radical (unpaired) electrons. The van der Waals surface area contributed by atoms with E-state index in [0.29, 0.717) is 31.6 Å². The van der Waals surface area contributed by atoms with Crippen LogP contribution in [0, 0.1) is 12.7 Å². The highest BCUT2D eigenvalue weighted by Gasteiger charge is 2.21. The molecule has 0 unspecified atom stereocenters. The van der Waals surface area contributed by atoms with E-state index in [1.807, 2.05) is 0 Å². The van der Waals surface area contributed by atoms with E-state index in [-0.39, 0.29) is 6.61 Å². The molecule has 0 spiro atoms. The molecule has 2 rings (SSSR count). The molecule has 0 aliphatic carbocycles. The molecule has 0 fully saturated rings. The molecule has 1 aromatic carbocycles. The number of ether oxygens (including phenoxy) is 1. The predicted octanol–water partition coefficient (Wildman–Crippen LogP) is 4.27. The number of benzene rings is 1. The number of nitrogen functional groups attached to an aromatic ring is 1. The van der Waals surface area contributed by atoms with Crippen LogP contribution in [-0.2, 0) is 4.74 Å². The summed E-state index contributed by atoms with van der Waals surface area (Å²) in [5.74, 6) is -0.934. The average Bonchev–Trinajstić information content (AvgIpc) is 2.67. The molecule has 20 heavy (non-hydrogen) atoms. The summed E-state index contributed by atoms with van der Waals surface area (Å²) in [5.41, 5.74) is 7.28. The van der Waals surface area contributed by atoms with E-state index in [0.717, 1.165) is 11.3 Å². The van der Waals surface area contributed by atoms with Crippen molar-refractivity contribution in [3.05, 3.63) is 39.5 Å². The van der Waals surface area contributed by atoms with Crippen LogP contribution in [-0.4, -0.2) is 12.6 Å². The fraction of sp³-hybridized carbons (Fsp3) is 0.214. The molecule has 6 heteroatoms. The maximum absolute atomic E-state index is 14.0. The lowest BCUT2D eigenvalue weighted by molar-refractivity contribution is 0.0533. The fourth-order valence-electron chi connectivity index (χ4n) is 1.81. The van der Waals surface area contributed by atoms with Gasteiger partial charge in [0.25, 0.3) is 0 Å². The Balaban J connectivity index is 2.53. The number of carbonyl (C=O) groups is 1. The summed E-state index contributed by atoms with van der Waals surface area (Å²) in [6.45, 7) is 3.73. The Labute approximate surface area is 125 Å². The zero-order valence-corrected chi connectivity index (χ0v) is 12.6. The second kappa shape index (κ2) is 5.81. The van der Waals surface area contributed by atoms with Gasteiger partial charge >= 0.3 is 5.97 Å². The van der Waals surface area contributed by atoms with Crippen LogP contribution < -0.4 is 5.73 Å². The Kier molecular flexibility index (Phi) is 4.30. The van der Waals surface area contributed by atoms with E-state index in [2.05, 4.69) is 0 Å². The Bertz CT molecular complexity index is 669. The zero-order valence-electron chi connectivity index (χ0n) is 11.0. The van der Waals surface area contributed by atoms with Crippen LogP contribution in [0.3, 0.4) is 0 Å². The van der Waals surface area contributed by atoms with Crippen molar-refractivity contribution in [3.8, 4) is 10.4 Å². The molecule has 2 aromatic rings. The summed E-state index contributed by atoms with van der Waals surface area (Å²) in [7, 11) is 0. The van der Waals surface area contributed by atoms with Gasteiger partial charge in [-0.25, -0.2) is 9.18 Å². The van der Waals surface area contributed by atoms with E-state index < -0.39 is 11.8 Å². The first-order valence-corrected chi connectivity index (χ1v) is 7.16. The Morgan fingerprint density at radius 1 is 1.50 bits per heavy atom. The van der Waals surface area contributed by atoms with Gasteiger partial charge in [0.05, 0.1) is 12.3 Å². The third-order valence-electron chi connectivity index (χ3n) is 2.83. The fourth-order valence-corrected chi connectivity index (χ4v) is 3.11. The van der Waals surface area contributed by atoms with Gasteiger partial charge in [-0.15, -0.1) is 11.3 Å². The number of anilines is 1. The first kappa shape index (κ1) is 14.8. The van der Waals surface area contributed by atoms with E-state index in [9.17, 15) is 9.18 Å². The number of carbonyl (C=O) groups excluding carboxylic acids is 1. The van der Waals surface area contributed by atoms with Gasteiger partial charge in [0, 0.05) is 15.5 Å². The van der Waals surface area contributed by atoms with Crippen molar-refractivity contribution < 1.29 is 13.9 Å². The number of esters is 1. The van der Waals surface area contributed by atoms with Crippen molar-refractivity contribution in [2.45, 2.75) is 13.8 Å². The van der Waals surface area contributed by atoms with Crippen molar-refractivity contribution in [3.63, 3.8) is 0 Å². The summed E-state index contributed by atoms with van der Waals surface area (Å²) in [4.78, 5) is 12.7. The van der Waals surface area contributed by atoms with Crippen LogP contribution in [0.1, 0.15) is 22.2 Å². The van der Waals surface area contributed by atoms with Crippen LogP contribution in [0.15, 0.2) is 18.2 Å². The minimum absolute atomic E-state index is 0.264. The van der Waals surface area contributed by atoms with Crippen molar-refractivity contribution in [1.29, 1.82) is 0 Å². The molecule has 2 N–H and O–H groups in total. The van der Waals surface area contributed by atoms with Crippen LogP contribution >= 0.6 is 22.9 Å². The zero-order chi connectivity index (χ0) is 14.9. The van der Waals surface area contributed by atoms with Gasteiger partial charge in [-0.2, -0.15) is 0 Å². The molecule has 0 saturated heterocycles. The number of rotatable bonds is 3. The Hall–Kier alpha value is -1.59. The smallest absolute Gasteiger partial charge is 0.350 e. The van der Waals surface area contributed by atoms with Gasteiger partial charge < -0.3 is 10.5 Å². The lowest BCUT2D eigenvalue weighted by Gasteiger charge is -2.02. The topological polar surface area (TPSA) is 52.3 Å². The molecule has 0 saturated carbocycles. The second-order valence-corrected chi connectivity index (χ2v) is 5.60. The van der Waals surface area contributed by atoms with Crippen LogP contribution in [0.25, 0.3) is 10.4 Å². The summed E-state index contributed by atoms with van der Waals surface area (Å²) in [6.07, 6.45) is 0. The van der Waals surface area contributed by atoms with E-state index in [1.165, 1.54) is 6.07 Å². The van der Waals surface area contributed by atoms with Gasteiger partial charge in [-0.05, 0) is 37.6 Å². The number of thiophene rings is 1. The van der Waals surface area contributed by atoms with Crippen LogP contribution in [0.4, 0.5) is 10.1 Å². The van der Waals surface area contributed by atoms with Gasteiger partial charge in [-0.1, -0.05) is 11.6 Å². The Morgan fingerprint density at radius 3 is 2.80 bits per heavy atom. The van der Waals surface area contributed by atoms with Crippen molar-refractivity contribution >= 4 is 34.6 Å². The van der Waals surface area contributed by atoms with Gasteiger partial charge in [0.1, 0.15) is 10.7 Å². The van der Waals surface area contributed by atoms with E-state index in [1.54, 1.807) is 26.0 Å². The summed E-state index contributed by atoms with van der Waals surface area (Å²) >= 11 is 6.86. The van der Waals surface area contributed by atoms with E-state index in [4.69, 9.17) is 22.1 Å². The molecule has 1 heterocycles. The molecule has 3 nitrogen and oxygen atoms in total. The molecule has 0 aliphatic rings. The number of nitrogens with two attached hydrogens (primary N) is 1. The predicted molar refractivity (Wildman–Crippen MR) is 79.8 cm³/mol. The summed E-state index contributed by atoms with van der Waals surface area (Å²) in [5, 5.41) is 0.319.